The predicted molar refractivity (Wildman–Crippen MR) is 78.6 cm³/mol. The topological polar surface area (TPSA) is 36.8 Å². The van der Waals surface area contributed by atoms with Crippen molar-refractivity contribution in [3.63, 3.8) is 0 Å². The summed E-state index contributed by atoms with van der Waals surface area (Å²) in [6, 6.07) is 20.3. The molecule has 0 radical (unpaired) electrons. The molecule has 19 heavy (non-hydrogen) atoms. The average Bonchev–Trinajstić information content (AvgIpc) is 2.49. The molecule has 1 unspecified atom stereocenters. The van der Waals surface area contributed by atoms with Crippen molar-refractivity contribution in [1.82, 2.24) is 5.43 Å². The summed E-state index contributed by atoms with van der Waals surface area (Å²) >= 11 is 0. The lowest BCUT2D eigenvalue weighted by Gasteiger charge is -2.19. The van der Waals surface area contributed by atoms with Gasteiger partial charge in [0.15, 0.2) is 0 Å². The SMILES string of the molecule is CC1N=C(c2ccccc2)NN=C1c1ccccc1. The van der Waals surface area contributed by atoms with Gasteiger partial charge >= 0.3 is 0 Å². The maximum Gasteiger partial charge on any atom is 0.149 e. The van der Waals surface area contributed by atoms with Gasteiger partial charge in [0.25, 0.3) is 0 Å². The molecule has 3 rings (SSSR count). The van der Waals surface area contributed by atoms with Crippen molar-refractivity contribution in [1.29, 1.82) is 0 Å². The Morgan fingerprint density at radius 2 is 1.42 bits per heavy atom. The van der Waals surface area contributed by atoms with E-state index in [2.05, 4.69) is 34.6 Å². The van der Waals surface area contributed by atoms with Crippen LogP contribution in [0.1, 0.15) is 18.1 Å². The number of benzene rings is 2. The van der Waals surface area contributed by atoms with E-state index in [-0.39, 0.29) is 6.04 Å². The van der Waals surface area contributed by atoms with Crippen LogP contribution in [0.25, 0.3) is 0 Å². The molecule has 1 heterocycles. The Morgan fingerprint density at radius 3 is 2.00 bits per heavy atom. The third kappa shape index (κ3) is 2.40. The average molecular weight is 249 g/mol. The molecule has 1 aliphatic rings. The highest BCUT2D eigenvalue weighted by atomic mass is 15.3. The van der Waals surface area contributed by atoms with Gasteiger partial charge in [-0.1, -0.05) is 60.7 Å². The minimum atomic E-state index is 0.0545. The first-order chi connectivity index (χ1) is 9.34. The first kappa shape index (κ1) is 11.7. The van der Waals surface area contributed by atoms with E-state index >= 15 is 0 Å². The number of hydrazone groups is 1. The van der Waals surface area contributed by atoms with Crippen molar-refractivity contribution in [2.45, 2.75) is 13.0 Å². The van der Waals surface area contributed by atoms with Gasteiger partial charge in [-0.25, -0.2) is 0 Å². The van der Waals surface area contributed by atoms with Crippen molar-refractivity contribution in [2.24, 2.45) is 10.1 Å². The summed E-state index contributed by atoms with van der Waals surface area (Å²) in [4.78, 5) is 4.69. The van der Waals surface area contributed by atoms with E-state index in [1.54, 1.807) is 0 Å². The summed E-state index contributed by atoms with van der Waals surface area (Å²) in [5.74, 6) is 0.827. The molecule has 0 aliphatic carbocycles. The Balaban J connectivity index is 1.87. The van der Waals surface area contributed by atoms with Crippen LogP contribution in [0.5, 0.6) is 0 Å². The highest BCUT2D eigenvalue weighted by molar-refractivity contribution is 6.10. The molecular formula is C16H15N3. The standard InChI is InChI=1S/C16H15N3/c1-12-15(13-8-4-2-5-9-13)18-19-16(17-12)14-10-6-3-7-11-14/h2-12H,1H3,(H,17,19). The van der Waals surface area contributed by atoms with Crippen molar-refractivity contribution in [2.75, 3.05) is 0 Å². The van der Waals surface area contributed by atoms with Gasteiger partial charge in [-0.2, -0.15) is 5.10 Å². The van der Waals surface area contributed by atoms with E-state index in [0.29, 0.717) is 0 Å². The van der Waals surface area contributed by atoms with E-state index in [1.165, 1.54) is 0 Å². The fourth-order valence-electron chi connectivity index (χ4n) is 2.14. The maximum absolute atomic E-state index is 4.69. The number of hydrogen-bond donors (Lipinski definition) is 1. The second-order valence-corrected chi connectivity index (χ2v) is 4.49. The lowest BCUT2D eigenvalue weighted by Crippen LogP contribution is -2.32. The van der Waals surface area contributed by atoms with Gasteiger partial charge in [-0.05, 0) is 12.5 Å². The first-order valence-electron chi connectivity index (χ1n) is 6.37. The van der Waals surface area contributed by atoms with Crippen LogP contribution in [0.2, 0.25) is 0 Å². The third-order valence-electron chi connectivity index (χ3n) is 3.12. The van der Waals surface area contributed by atoms with E-state index in [9.17, 15) is 0 Å². The summed E-state index contributed by atoms with van der Waals surface area (Å²) < 4.78 is 0. The molecular weight excluding hydrogens is 234 g/mol. The highest BCUT2D eigenvalue weighted by Crippen LogP contribution is 2.12. The zero-order chi connectivity index (χ0) is 13.1. The van der Waals surface area contributed by atoms with Gasteiger partial charge in [0.05, 0.1) is 11.8 Å². The molecule has 0 bridgehead atoms. The molecule has 0 aromatic heterocycles. The zero-order valence-electron chi connectivity index (χ0n) is 10.7. The fraction of sp³-hybridized carbons (Fsp3) is 0.125. The molecule has 3 nitrogen and oxygen atoms in total. The second-order valence-electron chi connectivity index (χ2n) is 4.49. The first-order valence-corrected chi connectivity index (χ1v) is 6.37. The van der Waals surface area contributed by atoms with Crippen LogP contribution in [-0.4, -0.2) is 17.6 Å². The normalized spacial score (nSPS) is 18.3. The number of amidine groups is 1. The molecule has 0 saturated heterocycles. The van der Waals surface area contributed by atoms with Crippen LogP contribution < -0.4 is 5.43 Å². The number of hydrogen-bond acceptors (Lipinski definition) is 3. The van der Waals surface area contributed by atoms with Crippen LogP contribution in [-0.2, 0) is 0 Å². The summed E-state index contributed by atoms with van der Waals surface area (Å²) in [7, 11) is 0. The number of aliphatic imine (C=N–C) groups is 1. The number of nitrogens with one attached hydrogen (secondary N) is 1. The van der Waals surface area contributed by atoms with Gasteiger partial charge in [-0.15, -0.1) is 0 Å². The zero-order valence-corrected chi connectivity index (χ0v) is 10.7. The number of nitrogens with zero attached hydrogens (tertiary/aromatic N) is 2. The van der Waals surface area contributed by atoms with Crippen molar-refractivity contribution >= 4 is 11.5 Å². The Hall–Kier alpha value is -2.42. The molecule has 0 saturated carbocycles. The van der Waals surface area contributed by atoms with E-state index < -0.39 is 0 Å². The minimum Gasteiger partial charge on any atom is -0.261 e. The molecule has 2 aromatic carbocycles. The van der Waals surface area contributed by atoms with E-state index in [0.717, 1.165) is 22.7 Å². The second kappa shape index (κ2) is 5.06. The smallest absolute Gasteiger partial charge is 0.149 e. The van der Waals surface area contributed by atoms with Crippen LogP contribution in [0.15, 0.2) is 70.8 Å². The van der Waals surface area contributed by atoms with Gasteiger partial charge in [0.1, 0.15) is 5.84 Å². The highest BCUT2D eigenvalue weighted by Gasteiger charge is 2.18. The molecule has 3 heteroatoms. The summed E-state index contributed by atoms with van der Waals surface area (Å²) in [5.41, 5.74) is 6.19. The molecule has 1 aliphatic heterocycles. The molecule has 1 N–H and O–H groups in total. The third-order valence-corrected chi connectivity index (χ3v) is 3.12. The van der Waals surface area contributed by atoms with Crippen molar-refractivity contribution in [3.8, 4) is 0 Å². The van der Waals surface area contributed by atoms with Gasteiger partial charge in [-0.3, -0.25) is 10.4 Å². The lowest BCUT2D eigenvalue weighted by molar-refractivity contribution is 0.869. The molecule has 94 valence electrons. The van der Waals surface area contributed by atoms with E-state index in [4.69, 9.17) is 0 Å². The van der Waals surface area contributed by atoms with Crippen LogP contribution in [0, 0.1) is 0 Å². The minimum absolute atomic E-state index is 0.0545. The Kier molecular flexibility index (Phi) is 3.11. The lowest BCUT2D eigenvalue weighted by atomic mass is 10.0. The quantitative estimate of drug-likeness (QED) is 0.873. The molecule has 2 aromatic rings. The Morgan fingerprint density at radius 1 is 0.842 bits per heavy atom. The summed E-state index contributed by atoms with van der Waals surface area (Å²) in [5, 5.41) is 4.47. The van der Waals surface area contributed by atoms with E-state index in [1.807, 2.05) is 48.5 Å². The molecule has 0 fully saturated rings. The number of rotatable bonds is 2. The van der Waals surface area contributed by atoms with Crippen molar-refractivity contribution < 1.29 is 0 Å². The van der Waals surface area contributed by atoms with Gasteiger partial charge in [0.2, 0.25) is 0 Å². The monoisotopic (exact) mass is 249 g/mol. The summed E-state index contributed by atoms with van der Waals surface area (Å²) in [6.45, 7) is 2.07. The van der Waals surface area contributed by atoms with Gasteiger partial charge in [0, 0.05) is 5.56 Å². The molecule has 1 atom stereocenters. The Labute approximate surface area is 112 Å². The molecule has 0 spiro atoms. The van der Waals surface area contributed by atoms with Crippen LogP contribution >= 0.6 is 0 Å². The fourth-order valence-corrected chi connectivity index (χ4v) is 2.14. The van der Waals surface area contributed by atoms with Crippen molar-refractivity contribution in [3.05, 3.63) is 71.8 Å². The predicted octanol–water partition coefficient (Wildman–Crippen LogP) is 2.83. The largest absolute Gasteiger partial charge is 0.261 e. The molecule has 0 amide bonds. The Bertz CT molecular complexity index is 615. The van der Waals surface area contributed by atoms with Gasteiger partial charge < -0.3 is 0 Å². The van der Waals surface area contributed by atoms with Crippen LogP contribution in [0.3, 0.4) is 0 Å². The maximum atomic E-state index is 4.69. The van der Waals surface area contributed by atoms with Crippen LogP contribution in [0.4, 0.5) is 0 Å². The summed E-state index contributed by atoms with van der Waals surface area (Å²) in [6.07, 6.45) is 0.